The largest absolute Gasteiger partial charge is 0.415 e. The molecule has 2 atom stereocenters. The van der Waals surface area contributed by atoms with Crippen molar-refractivity contribution in [3.8, 4) is 0 Å². The van der Waals surface area contributed by atoms with E-state index in [0.29, 0.717) is 0 Å². The zero-order chi connectivity index (χ0) is 16.4. The highest BCUT2D eigenvalue weighted by molar-refractivity contribution is 4.87. The van der Waals surface area contributed by atoms with Crippen LogP contribution in [0, 0.1) is 5.92 Å². The van der Waals surface area contributed by atoms with Crippen LogP contribution >= 0.6 is 0 Å². The summed E-state index contributed by atoms with van der Waals surface area (Å²) in [6.07, 6.45) is -11.5. The number of alkyl halides is 6. The molecular weight excluding hydrogens is 302 g/mol. The Kier molecular flexibility index (Phi) is 5.91. The lowest BCUT2D eigenvalue weighted by atomic mass is 9.99. The smallest absolute Gasteiger partial charge is 0.382 e. The van der Waals surface area contributed by atoms with Crippen LogP contribution in [0.3, 0.4) is 0 Å². The third kappa shape index (κ3) is 5.99. The molecule has 0 aromatic carbocycles. The van der Waals surface area contributed by atoms with E-state index in [1.54, 1.807) is 13.8 Å². The molecule has 0 unspecified atom stereocenters. The molecule has 0 bridgehead atoms. The molecule has 1 heterocycles. The van der Waals surface area contributed by atoms with Crippen LogP contribution in [0.4, 0.5) is 26.3 Å². The molecule has 0 aromatic rings. The number of β-amino-alcohol motifs (C(OH)–C–C–N with tert-alkyl or cyclic N) is 1. The van der Waals surface area contributed by atoms with Gasteiger partial charge in [-0.1, -0.05) is 13.8 Å². The topological polar surface area (TPSA) is 26.7 Å². The number of hydrogen-bond acceptors (Lipinski definition) is 3. The monoisotopic (exact) mass is 322 g/mol. The number of piperazine rings is 1. The van der Waals surface area contributed by atoms with E-state index >= 15 is 0 Å². The van der Waals surface area contributed by atoms with Crippen molar-refractivity contribution in [3.05, 3.63) is 0 Å². The van der Waals surface area contributed by atoms with Crippen molar-refractivity contribution < 1.29 is 31.4 Å². The Morgan fingerprint density at radius 3 is 2.10 bits per heavy atom. The van der Waals surface area contributed by atoms with Gasteiger partial charge in [-0.05, 0) is 5.92 Å². The fourth-order valence-electron chi connectivity index (χ4n) is 2.49. The minimum absolute atomic E-state index is 0.0350. The summed E-state index contributed by atoms with van der Waals surface area (Å²) in [7, 11) is 0. The van der Waals surface area contributed by atoms with Crippen LogP contribution in [0.5, 0.6) is 0 Å². The average molecular weight is 322 g/mol. The molecule has 0 aromatic heterocycles. The molecule has 0 radical (unpaired) electrons. The summed E-state index contributed by atoms with van der Waals surface area (Å²) in [4.78, 5) is 2.62. The van der Waals surface area contributed by atoms with Gasteiger partial charge in [-0.3, -0.25) is 9.80 Å². The van der Waals surface area contributed by atoms with Gasteiger partial charge in [0.15, 0.2) is 6.10 Å². The van der Waals surface area contributed by atoms with Crippen molar-refractivity contribution in [3.63, 3.8) is 0 Å². The minimum Gasteiger partial charge on any atom is -0.382 e. The summed E-state index contributed by atoms with van der Waals surface area (Å²) in [5, 5.41) is 9.13. The van der Waals surface area contributed by atoms with Gasteiger partial charge in [0.05, 0.1) is 6.54 Å². The molecule has 1 rings (SSSR count). The van der Waals surface area contributed by atoms with Gasteiger partial charge in [0, 0.05) is 32.2 Å². The van der Waals surface area contributed by atoms with Gasteiger partial charge in [0.1, 0.15) is 0 Å². The molecule has 1 aliphatic heterocycles. The zero-order valence-electron chi connectivity index (χ0n) is 11.9. The molecule has 126 valence electrons. The van der Waals surface area contributed by atoms with Gasteiger partial charge >= 0.3 is 12.4 Å². The Balaban J connectivity index is 2.67. The Morgan fingerprint density at radius 2 is 1.67 bits per heavy atom. The third-order valence-corrected chi connectivity index (χ3v) is 3.58. The van der Waals surface area contributed by atoms with Crippen molar-refractivity contribution in [1.82, 2.24) is 9.80 Å². The molecule has 3 nitrogen and oxygen atoms in total. The summed E-state index contributed by atoms with van der Waals surface area (Å²) in [6, 6.07) is -0.446. The number of aliphatic hydroxyl groups excluding tert-OH is 1. The van der Waals surface area contributed by atoms with Gasteiger partial charge in [0.2, 0.25) is 0 Å². The second kappa shape index (κ2) is 6.70. The molecule has 0 saturated carbocycles. The molecule has 1 fully saturated rings. The molecule has 0 spiro atoms. The van der Waals surface area contributed by atoms with Crippen LogP contribution in [0.25, 0.3) is 0 Å². The summed E-state index contributed by atoms with van der Waals surface area (Å²) < 4.78 is 74.4. The van der Waals surface area contributed by atoms with Crippen molar-refractivity contribution in [2.24, 2.45) is 5.92 Å². The molecule has 1 aliphatic rings. The fourth-order valence-corrected chi connectivity index (χ4v) is 2.49. The van der Waals surface area contributed by atoms with E-state index in [2.05, 4.69) is 0 Å². The lowest BCUT2D eigenvalue weighted by Crippen LogP contribution is -2.59. The normalized spacial score (nSPS) is 24.6. The van der Waals surface area contributed by atoms with Crippen LogP contribution in [0.2, 0.25) is 0 Å². The number of rotatable bonds is 4. The van der Waals surface area contributed by atoms with E-state index in [9.17, 15) is 26.3 Å². The van der Waals surface area contributed by atoms with Crippen LogP contribution in [0.1, 0.15) is 13.8 Å². The zero-order valence-corrected chi connectivity index (χ0v) is 11.9. The van der Waals surface area contributed by atoms with Gasteiger partial charge in [0.25, 0.3) is 0 Å². The lowest BCUT2D eigenvalue weighted by molar-refractivity contribution is -0.212. The summed E-state index contributed by atoms with van der Waals surface area (Å²) in [6.45, 7) is 1.97. The first kappa shape index (κ1) is 18.5. The van der Waals surface area contributed by atoms with Gasteiger partial charge in [-0.15, -0.1) is 0 Å². The van der Waals surface area contributed by atoms with E-state index in [1.165, 1.54) is 9.80 Å². The first-order chi connectivity index (χ1) is 9.40. The van der Waals surface area contributed by atoms with Gasteiger partial charge < -0.3 is 5.11 Å². The second-order valence-electron chi connectivity index (χ2n) is 5.71. The number of nitrogens with zero attached hydrogens (tertiary/aromatic N) is 2. The molecule has 0 amide bonds. The molecule has 21 heavy (non-hydrogen) atoms. The third-order valence-electron chi connectivity index (χ3n) is 3.58. The summed E-state index contributed by atoms with van der Waals surface area (Å²) in [5.41, 5.74) is 0. The van der Waals surface area contributed by atoms with Crippen molar-refractivity contribution >= 4 is 0 Å². The van der Waals surface area contributed by atoms with E-state index in [1.807, 2.05) is 0 Å². The van der Waals surface area contributed by atoms with Crippen LogP contribution < -0.4 is 0 Å². The van der Waals surface area contributed by atoms with Crippen LogP contribution in [0.15, 0.2) is 0 Å². The van der Waals surface area contributed by atoms with Crippen molar-refractivity contribution in [1.29, 1.82) is 0 Å². The fraction of sp³-hybridized carbons (Fsp3) is 1.00. The molecule has 1 N–H and O–H groups in total. The molecule has 9 heteroatoms. The maximum atomic E-state index is 12.4. The van der Waals surface area contributed by atoms with Crippen molar-refractivity contribution in [2.45, 2.75) is 38.3 Å². The summed E-state index contributed by atoms with van der Waals surface area (Å²) in [5.74, 6) is -0.110. The highest BCUT2D eigenvalue weighted by Gasteiger charge is 2.42. The Morgan fingerprint density at radius 1 is 1.10 bits per heavy atom. The highest BCUT2D eigenvalue weighted by atomic mass is 19.4. The predicted molar refractivity (Wildman–Crippen MR) is 64.8 cm³/mol. The van der Waals surface area contributed by atoms with E-state index in [0.717, 1.165) is 0 Å². The summed E-state index contributed by atoms with van der Waals surface area (Å²) >= 11 is 0. The Bertz CT molecular complexity index is 331. The predicted octanol–water partition coefficient (Wildman–Crippen LogP) is 2.11. The first-order valence-corrected chi connectivity index (χ1v) is 6.68. The molecular formula is C12H20F6N2O. The van der Waals surface area contributed by atoms with Crippen molar-refractivity contribution in [2.75, 3.05) is 32.7 Å². The number of hydrogen-bond donors (Lipinski definition) is 1. The standard InChI is InChI=1S/C12H20F6N2O/c1-8(2)9-5-19(7-11(13,14)15)3-4-20(9)6-10(21)12(16,17)18/h8-10,21H,3-7H2,1-2H3/t9-,10-/m0/s1. The first-order valence-electron chi connectivity index (χ1n) is 6.68. The molecule has 1 saturated heterocycles. The van der Waals surface area contributed by atoms with E-state index in [-0.39, 0.29) is 25.6 Å². The average Bonchev–Trinajstić information content (AvgIpc) is 2.27. The minimum atomic E-state index is -4.72. The highest BCUT2D eigenvalue weighted by Crippen LogP contribution is 2.25. The van der Waals surface area contributed by atoms with Gasteiger partial charge in [-0.2, -0.15) is 26.3 Å². The molecule has 0 aliphatic carbocycles. The van der Waals surface area contributed by atoms with Gasteiger partial charge in [-0.25, -0.2) is 0 Å². The SMILES string of the molecule is CC(C)[C@@H]1CN(CC(F)(F)F)CCN1C[C@H](O)C(F)(F)F. The van der Waals surface area contributed by atoms with E-state index in [4.69, 9.17) is 5.11 Å². The second-order valence-corrected chi connectivity index (χ2v) is 5.71. The van der Waals surface area contributed by atoms with Crippen LogP contribution in [-0.2, 0) is 0 Å². The maximum absolute atomic E-state index is 12.4. The number of halogens is 6. The van der Waals surface area contributed by atoms with Crippen LogP contribution in [-0.4, -0.2) is 72.1 Å². The lowest BCUT2D eigenvalue weighted by Gasteiger charge is -2.44. The Hall–Kier alpha value is -0.540. The maximum Gasteiger partial charge on any atom is 0.415 e. The quantitative estimate of drug-likeness (QED) is 0.803. The number of aliphatic hydroxyl groups is 1. The van der Waals surface area contributed by atoms with E-state index < -0.39 is 37.6 Å². The Labute approximate surface area is 119 Å².